The first-order valence-corrected chi connectivity index (χ1v) is 11.9. The van der Waals surface area contributed by atoms with Gasteiger partial charge < -0.3 is 19.2 Å². The molecule has 0 radical (unpaired) electrons. The van der Waals surface area contributed by atoms with Gasteiger partial charge >= 0.3 is 0 Å². The number of hydrogen-bond acceptors (Lipinski definition) is 5. The van der Waals surface area contributed by atoms with Gasteiger partial charge in [-0.15, -0.1) is 0 Å². The van der Waals surface area contributed by atoms with Crippen molar-refractivity contribution in [3.8, 4) is 11.5 Å². The molecule has 0 saturated carbocycles. The maximum atomic E-state index is 13.1. The highest BCUT2D eigenvalue weighted by Gasteiger charge is 2.30. The minimum atomic E-state index is -3.62. The van der Waals surface area contributed by atoms with Gasteiger partial charge in [0.2, 0.25) is 10.0 Å². The molecule has 32 heavy (non-hydrogen) atoms. The van der Waals surface area contributed by atoms with Crippen molar-refractivity contribution in [1.29, 1.82) is 0 Å². The molecule has 0 aliphatic carbocycles. The van der Waals surface area contributed by atoms with E-state index in [1.807, 2.05) is 41.1 Å². The number of piperidine rings is 1. The highest BCUT2D eigenvalue weighted by Crippen LogP contribution is 2.31. The summed E-state index contributed by atoms with van der Waals surface area (Å²) in [5.74, 6) is 0.975. The fraction of sp³-hybridized carbons (Fsp3) is 0.348. The van der Waals surface area contributed by atoms with E-state index in [1.165, 1.54) is 30.7 Å². The Labute approximate surface area is 187 Å². The van der Waals surface area contributed by atoms with E-state index < -0.39 is 10.0 Å². The Hall–Kier alpha value is -3.04. The zero-order chi connectivity index (χ0) is 22.7. The third kappa shape index (κ3) is 4.44. The summed E-state index contributed by atoms with van der Waals surface area (Å²) in [7, 11) is -0.639. The van der Waals surface area contributed by atoms with Crippen molar-refractivity contribution in [2.75, 3.05) is 33.9 Å². The number of fused-ring (bicyclic) bond motifs is 1. The van der Waals surface area contributed by atoms with Crippen LogP contribution in [0.3, 0.4) is 0 Å². The predicted octanol–water partition coefficient (Wildman–Crippen LogP) is 2.79. The van der Waals surface area contributed by atoms with Gasteiger partial charge in [-0.25, -0.2) is 8.42 Å². The number of methoxy groups -OCH3 is 2. The molecule has 3 heterocycles. The Bertz CT molecular complexity index is 1180. The molecule has 1 fully saturated rings. The minimum absolute atomic E-state index is 0.117. The number of aromatic nitrogens is 1. The summed E-state index contributed by atoms with van der Waals surface area (Å²) < 4.78 is 39.9. The van der Waals surface area contributed by atoms with Gasteiger partial charge in [0.15, 0.2) is 11.5 Å². The zero-order valence-electron chi connectivity index (χ0n) is 18.2. The predicted molar refractivity (Wildman–Crippen MR) is 121 cm³/mol. The van der Waals surface area contributed by atoms with E-state index in [0.717, 1.165) is 5.52 Å². The highest BCUT2D eigenvalue weighted by atomic mass is 32.2. The van der Waals surface area contributed by atoms with Crippen LogP contribution in [-0.2, 0) is 10.0 Å². The number of nitrogens with one attached hydrogen (secondary N) is 1. The number of nitrogens with zero attached hydrogens (tertiary/aromatic N) is 2. The molecular formula is C23H27N3O5S. The fourth-order valence-electron chi connectivity index (χ4n) is 4.00. The number of carbonyl (C=O) groups is 1. The van der Waals surface area contributed by atoms with Gasteiger partial charge in [0.25, 0.3) is 5.91 Å². The normalized spacial score (nSPS) is 15.6. The van der Waals surface area contributed by atoms with E-state index in [9.17, 15) is 13.2 Å². The van der Waals surface area contributed by atoms with Crippen molar-refractivity contribution in [3.05, 3.63) is 60.4 Å². The van der Waals surface area contributed by atoms with Crippen LogP contribution in [-0.4, -0.2) is 56.9 Å². The molecule has 1 aliphatic rings. The SMILES string of the molecule is COc1ccc(S(=O)(=O)N2CCC(CNC(=O)c3cc4ccccn4c3)CC2)cc1OC. The van der Waals surface area contributed by atoms with E-state index in [1.54, 1.807) is 6.07 Å². The third-order valence-electron chi connectivity index (χ3n) is 5.88. The lowest BCUT2D eigenvalue weighted by molar-refractivity contribution is 0.0941. The minimum Gasteiger partial charge on any atom is -0.493 e. The first kappa shape index (κ1) is 22.2. The number of amides is 1. The van der Waals surface area contributed by atoms with Crippen LogP contribution in [0, 0.1) is 5.92 Å². The van der Waals surface area contributed by atoms with E-state index in [2.05, 4.69) is 5.32 Å². The lowest BCUT2D eigenvalue weighted by Gasteiger charge is -2.31. The summed E-state index contributed by atoms with van der Waals surface area (Å²) in [6.07, 6.45) is 5.08. The standard InChI is InChI=1S/C23H27N3O5S/c1-30-21-7-6-20(14-22(21)31-2)32(28,29)26-11-8-17(9-12-26)15-24-23(27)18-13-19-5-3-4-10-25(19)16-18/h3-7,10,13-14,16-17H,8-9,11-12,15H2,1-2H3,(H,24,27). The maximum Gasteiger partial charge on any atom is 0.252 e. The summed E-state index contributed by atoms with van der Waals surface area (Å²) in [5.41, 5.74) is 1.58. The van der Waals surface area contributed by atoms with Crippen molar-refractivity contribution in [2.45, 2.75) is 17.7 Å². The second-order valence-electron chi connectivity index (χ2n) is 7.84. The molecule has 2 aromatic heterocycles. The first-order chi connectivity index (χ1) is 15.4. The largest absolute Gasteiger partial charge is 0.493 e. The number of benzene rings is 1. The van der Waals surface area contributed by atoms with Crippen LogP contribution in [0.2, 0.25) is 0 Å². The van der Waals surface area contributed by atoms with Crippen LogP contribution in [0.4, 0.5) is 0 Å². The second-order valence-corrected chi connectivity index (χ2v) is 9.77. The van der Waals surface area contributed by atoms with Crippen molar-refractivity contribution >= 4 is 21.4 Å². The molecule has 1 aromatic carbocycles. The number of rotatable bonds is 7. The van der Waals surface area contributed by atoms with Crippen LogP contribution in [0.5, 0.6) is 11.5 Å². The molecule has 1 saturated heterocycles. The quantitative estimate of drug-likeness (QED) is 0.589. The van der Waals surface area contributed by atoms with Gasteiger partial charge in [0.05, 0.1) is 24.7 Å². The Balaban J connectivity index is 1.34. The van der Waals surface area contributed by atoms with Crippen LogP contribution >= 0.6 is 0 Å². The van der Waals surface area contributed by atoms with Gasteiger partial charge in [0, 0.05) is 43.6 Å². The average molecular weight is 458 g/mol. The summed E-state index contributed by atoms with van der Waals surface area (Å²) in [6, 6.07) is 12.3. The number of carbonyl (C=O) groups excluding carboxylic acids is 1. The van der Waals surface area contributed by atoms with Gasteiger partial charge in [-0.3, -0.25) is 4.79 Å². The monoisotopic (exact) mass is 457 g/mol. The van der Waals surface area contributed by atoms with Gasteiger partial charge in [-0.1, -0.05) is 6.07 Å². The Morgan fingerprint density at radius 1 is 1.06 bits per heavy atom. The first-order valence-electron chi connectivity index (χ1n) is 10.5. The summed E-state index contributed by atoms with van der Waals surface area (Å²) in [6.45, 7) is 1.34. The van der Waals surface area contributed by atoms with Crippen LogP contribution in [0.15, 0.2) is 59.8 Å². The number of ether oxygens (including phenoxy) is 2. The topological polar surface area (TPSA) is 89.4 Å². The molecule has 1 aliphatic heterocycles. The van der Waals surface area contributed by atoms with Crippen molar-refractivity contribution in [3.63, 3.8) is 0 Å². The third-order valence-corrected chi connectivity index (χ3v) is 7.78. The molecule has 3 aromatic rings. The molecule has 170 valence electrons. The molecule has 1 N–H and O–H groups in total. The Morgan fingerprint density at radius 2 is 1.81 bits per heavy atom. The molecule has 4 rings (SSSR count). The molecular weight excluding hydrogens is 430 g/mol. The highest BCUT2D eigenvalue weighted by molar-refractivity contribution is 7.89. The van der Waals surface area contributed by atoms with Crippen molar-refractivity contribution in [2.24, 2.45) is 5.92 Å². The molecule has 0 spiro atoms. The van der Waals surface area contributed by atoms with Crippen LogP contribution in [0.25, 0.3) is 5.52 Å². The summed E-state index contributed by atoms with van der Waals surface area (Å²) in [4.78, 5) is 12.7. The van der Waals surface area contributed by atoms with Crippen LogP contribution < -0.4 is 14.8 Å². The lowest BCUT2D eigenvalue weighted by Crippen LogP contribution is -2.41. The summed E-state index contributed by atoms with van der Waals surface area (Å²) >= 11 is 0. The zero-order valence-corrected chi connectivity index (χ0v) is 19.0. The fourth-order valence-corrected chi connectivity index (χ4v) is 5.48. The van der Waals surface area contributed by atoms with Gasteiger partial charge in [0.1, 0.15) is 0 Å². The molecule has 0 unspecified atom stereocenters. The van der Waals surface area contributed by atoms with E-state index in [4.69, 9.17) is 9.47 Å². The van der Waals surface area contributed by atoms with Crippen LogP contribution in [0.1, 0.15) is 23.2 Å². The van der Waals surface area contributed by atoms with Gasteiger partial charge in [-0.2, -0.15) is 4.31 Å². The Morgan fingerprint density at radius 3 is 2.50 bits per heavy atom. The number of pyridine rings is 1. The van der Waals surface area contributed by atoms with Crippen molar-refractivity contribution in [1.82, 2.24) is 14.0 Å². The number of sulfonamides is 1. The molecule has 8 nitrogen and oxygen atoms in total. The molecule has 1 amide bonds. The van der Waals surface area contributed by atoms with E-state index in [0.29, 0.717) is 49.5 Å². The lowest BCUT2D eigenvalue weighted by atomic mass is 9.98. The maximum absolute atomic E-state index is 13.1. The van der Waals surface area contributed by atoms with Crippen molar-refractivity contribution < 1.29 is 22.7 Å². The average Bonchev–Trinajstić information content (AvgIpc) is 3.27. The smallest absolute Gasteiger partial charge is 0.252 e. The molecule has 0 bridgehead atoms. The number of hydrogen-bond donors (Lipinski definition) is 1. The second kappa shape index (κ2) is 9.22. The van der Waals surface area contributed by atoms with E-state index in [-0.39, 0.29) is 16.7 Å². The summed E-state index contributed by atoms with van der Waals surface area (Å²) in [5, 5.41) is 2.99. The van der Waals surface area contributed by atoms with Gasteiger partial charge in [-0.05, 0) is 49.1 Å². The van der Waals surface area contributed by atoms with E-state index >= 15 is 0 Å². The molecule has 9 heteroatoms. The Kier molecular flexibility index (Phi) is 6.38. The molecule has 0 atom stereocenters.